The lowest BCUT2D eigenvalue weighted by molar-refractivity contribution is -0.137. The number of methoxy groups -OCH3 is 1. The summed E-state index contributed by atoms with van der Waals surface area (Å²) in [4.78, 5) is 24.9. The van der Waals surface area contributed by atoms with Gasteiger partial charge in [0, 0.05) is 28.8 Å². The predicted octanol–water partition coefficient (Wildman–Crippen LogP) is 4.63. The van der Waals surface area contributed by atoms with Gasteiger partial charge in [0.05, 0.1) is 13.7 Å². The van der Waals surface area contributed by atoms with Crippen molar-refractivity contribution >= 4 is 22.5 Å². The van der Waals surface area contributed by atoms with Crippen molar-refractivity contribution in [2.75, 3.05) is 13.7 Å². The number of aromatic nitrogens is 2. The first kappa shape index (κ1) is 20.1. The largest absolute Gasteiger partial charge is 0.496 e. The Kier molecular flexibility index (Phi) is 5.81. The molecule has 0 saturated heterocycles. The van der Waals surface area contributed by atoms with E-state index in [1.807, 2.05) is 19.1 Å². The molecule has 2 N–H and O–H groups in total. The molecule has 156 valence electrons. The van der Waals surface area contributed by atoms with Crippen LogP contribution in [0, 0.1) is 11.7 Å². The minimum absolute atomic E-state index is 0.0778. The lowest BCUT2D eigenvalue weighted by Crippen LogP contribution is -2.31. The first-order valence-electron chi connectivity index (χ1n) is 10.0. The van der Waals surface area contributed by atoms with Crippen molar-refractivity contribution in [1.29, 1.82) is 0 Å². The van der Waals surface area contributed by atoms with E-state index in [4.69, 9.17) is 9.57 Å². The van der Waals surface area contributed by atoms with Crippen molar-refractivity contribution in [3.63, 3.8) is 0 Å². The number of H-pyrrole nitrogens is 1. The fourth-order valence-corrected chi connectivity index (χ4v) is 3.87. The second kappa shape index (κ2) is 8.67. The predicted molar refractivity (Wildman–Crippen MR) is 113 cm³/mol. The highest BCUT2D eigenvalue weighted by atomic mass is 19.1. The van der Waals surface area contributed by atoms with Crippen LogP contribution >= 0.6 is 0 Å². The first-order chi connectivity index (χ1) is 14.6. The summed E-state index contributed by atoms with van der Waals surface area (Å²) in [5.74, 6) is 0.116. The molecule has 0 spiro atoms. The summed E-state index contributed by atoms with van der Waals surface area (Å²) in [6.45, 7) is 2.27. The lowest BCUT2D eigenvalue weighted by Gasteiger charge is -2.20. The van der Waals surface area contributed by atoms with Gasteiger partial charge in [0.15, 0.2) is 0 Å². The molecule has 1 atom stereocenters. The number of rotatable bonds is 6. The Morgan fingerprint density at radius 1 is 1.30 bits per heavy atom. The fraction of sp³-hybridized carbons (Fsp3) is 0.304. The second-order valence-electron chi connectivity index (χ2n) is 7.25. The van der Waals surface area contributed by atoms with E-state index in [1.54, 1.807) is 19.4 Å². The van der Waals surface area contributed by atoms with E-state index in [9.17, 15) is 9.18 Å². The van der Waals surface area contributed by atoms with Crippen LogP contribution in [0.1, 0.15) is 31.9 Å². The van der Waals surface area contributed by atoms with Gasteiger partial charge >= 0.3 is 0 Å². The minimum atomic E-state index is -0.321. The molecule has 1 amide bonds. The number of amides is 1. The number of halogens is 1. The van der Waals surface area contributed by atoms with Gasteiger partial charge in [-0.15, -0.1) is 0 Å². The lowest BCUT2D eigenvalue weighted by atomic mass is 9.88. The molecule has 1 aromatic carbocycles. The molecule has 1 unspecified atom stereocenters. The van der Waals surface area contributed by atoms with Crippen LogP contribution < -0.4 is 10.2 Å². The Labute approximate surface area is 174 Å². The number of carbonyl (C=O) groups excluding carboxylic acids is 1. The summed E-state index contributed by atoms with van der Waals surface area (Å²) in [5, 5.41) is 0.897. The first-order valence-corrected chi connectivity index (χ1v) is 10.0. The molecule has 0 saturated carbocycles. The Morgan fingerprint density at radius 3 is 2.90 bits per heavy atom. The van der Waals surface area contributed by atoms with Crippen molar-refractivity contribution in [3.05, 3.63) is 54.1 Å². The van der Waals surface area contributed by atoms with Gasteiger partial charge in [-0.05, 0) is 67.7 Å². The monoisotopic (exact) mass is 409 g/mol. The van der Waals surface area contributed by atoms with Crippen LogP contribution in [0.5, 0.6) is 5.75 Å². The number of nitrogens with zero attached hydrogens (tertiary/aromatic N) is 1. The van der Waals surface area contributed by atoms with Gasteiger partial charge in [-0.2, -0.15) is 0 Å². The van der Waals surface area contributed by atoms with Crippen molar-refractivity contribution in [3.8, 4) is 16.9 Å². The molecule has 30 heavy (non-hydrogen) atoms. The number of carbonyl (C=O) groups is 1. The summed E-state index contributed by atoms with van der Waals surface area (Å²) < 4.78 is 19.3. The van der Waals surface area contributed by atoms with Gasteiger partial charge in [0.1, 0.15) is 17.2 Å². The van der Waals surface area contributed by atoms with Gasteiger partial charge in [0.2, 0.25) is 5.91 Å². The highest BCUT2D eigenvalue weighted by molar-refractivity contribution is 5.96. The number of aromatic amines is 1. The van der Waals surface area contributed by atoms with Gasteiger partial charge in [-0.3, -0.25) is 9.63 Å². The third-order valence-electron chi connectivity index (χ3n) is 5.43. The van der Waals surface area contributed by atoms with Crippen LogP contribution in [0.2, 0.25) is 0 Å². The maximum Gasteiger partial charge on any atom is 0.246 e. The third kappa shape index (κ3) is 3.93. The van der Waals surface area contributed by atoms with E-state index in [1.165, 1.54) is 12.1 Å². The van der Waals surface area contributed by atoms with E-state index in [0.29, 0.717) is 24.3 Å². The van der Waals surface area contributed by atoms with E-state index in [0.717, 1.165) is 40.7 Å². The Morgan fingerprint density at radius 2 is 2.17 bits per heavy atom. The van der Waals surface area contributed by atoms with Crippen LogP contribution in [0.25, 0.3) is 27.7 Å². The number of ether oxygens (including phenoxy) is 1. The molecule has 1 aliphatic carbocycles. The number of nitrogens with one attached hydrogen (secondary N) is 2. The zero-order valence-corrected chi connectivity index (χ0v) is 17.0. The SMILES string of the molecule is CCONC(=O)C1CC=C(c2cc3c(-c4cc(F)ccc4OC)ccnc3[nH]2)CC1. The molecule has 1 aliphatic rings. The van der Waals surface area contributed by atoms with Crippen molar-refractivity contribution < 1.29 is 18.8 Å². The quantitative estimate of drug-likeness (QED) is 0.582. The molecular weight excluding hydrogens is 385 g/mol. The fourth-order valence-electron chi connectivity index (χ4n) is 3.87. The van der Waals surface area contributed by atoms with Gasteiger partial charge in [-0.1, -0.05) is 6.08 Å². The third-order valence-corrected chi connectivity index (χ3v) is 5.43. The number of benzene rings is 1. The summed E-state index contributed by atoms with van der Waals surface area (Å²) in [7, 11) is 1.57. The number of allylic oxidation sites excluding steroid dienone is 2. The molecule has 0 radical (unpaired) electrons. The van der Waals surface area contributed by atoms with Gasteiger partial charge < -0.3 is 9.72 Å². The molecule has 4 rings (SSSR count). The van der Waals surface area contributed by atoms with Crippen LogP contribution in [-0.2, 0) is 9.63 Å². The zero-order valence-electron chi connectivity index (χ0n) is 17.0. The standard InChI is InChI=1S/C23H24FN3O3/c1-3-30-27-23(28)15-6-4-14(5-7-15)20-13-19-17(10-11-25-22(19)26-20)18-12-16(24)8-9-21(18)29-2/h4,8-13,15H,3,5-7H2,1-2H3,(H,25,26)(H,27,28). The van der Waals surface area contributed by atoms with Gasteiger partial charge in [-0.25, -0.2) is 14.9 Å². The molecule has 3 aromatic rings. The molecule has 2 heterocycles. The minimum Gasteiger partial charge on any atom is -0.496 e. The maximum absolute atomic E-state index is 13.9. The molecular formula is C23H24FN3O3. The van der Waals surface area contributed by atoms with Crippen molar-refractivity contribution in [2.24, 2.45) is 5.92 Å². The highest BCUT2D eigenvalue weighted by Crippen LogP contribution is 2.37. The Balaban J connectivity index is 1.64. The molecule has 0 aliphatic heterocycles. The van der Waals surface area contributed by atoms with Crippen LogP contribution in [0.4, 0.5) is 4.39 Å². The summed E-state index contributed by atoms with van der Waals surface area (Å²) >= 11 is 0. The average Bonchev–Trinajstić information content (AvgIpc) is 3.22. The second-order valence-corrected chi connectivity index (χ2v) is 7.25. The maximum atomic E-state index is 13.9. The average molecular weight is 409 g/mol. The number of pyridine rings is 1. The summed E-state index contributed by atoms with van der Waals surface area (Å²) in [6, 6.07) is 8.38. The Bertz CT molecular complexity index is 1110. The zero-order chi connectivity index (χ0) is 21.1. The topological polar surface area (TPSA) is 76.2 Å². The van der Waals surface area contributed by atoms with Crippen LogP contribution in [-0.4, -0.2) is 29.6 Å². The van der Waals surface area contributed by atoms with Gasteiger partial charge in [0.25, 0.3) is 0 Å². The molecule has 0 bridgehead atoms. The summed E-state index contributed by atoms with van der Waals surface area (Å²) in [6.07, 6.45) is 5.97. The number of hydrogen-bond acceptors (Lipinski definition) is 4. The smallest absolute Gasteiger partial charge is 0.246 e. The number of hydroxylamine groups is 1. The Hall–Kier alpha value is -3.19. The van der Waals surface area contributed by atoms with E-state index in [-0.39, 0.29) is 17.6 Å². The summed E-state index contributed by atoms with van der Waals surface area (Å²) in [5.41, 5.74) is 6.86. The number of hydrogen-bond donors (Lipinski definition) is 2. The molecule has 0 fully saturated rings. The molecule has 2 aromatic heterocycles. The molecule has 6 nitrogen and oxygen atoms in total. The molecule has 7 heteroatoms. The normalized spacial score (nSPS) is 16.4. The van der Waals surface area contributed by atoms with Crippen molar-refractivity contribution in [2.45, 2.75) is 26.2 Å². The van der Waals surface area contributed by atoms with Crippen molar-refractivity contribution in [1.82, 2.24) is 15.4 Å². The van der Waals surface area contributed by atoms with E-state index < -0.39 is 0 Å². The highest BCUT2D eigenvalue weighted by Gasteiger charge is 2.23. The van der Waals surface area contributed by atoms with Crippen LogP contribution in [0.15, 0.2) is 42.6 Å². The van der Waals surface area contributed by atoms with E-state index >= 15 is 0 Å². The van der Waals surface area contributed by atoms with Crippen LogP contribution in [0.3, 0.4) is 0 Å². The number of fused-ring (bicyclic) bond motifs is 1. The van der Waals surface area contributed by atoms with E-state index in [2.05, 4.69) is 21.5 Å².